The molecule has 4 heterocycles. The van der Waals surface area contributed by atoms with Crippen LogP contribution in [0.25, 0.3) is 0 Å². The van der Waals surface area contributed by atoms with Crippen LogP contribution in [0.2, 0.25) is 0 Å². The van der Waals surface area contributed by atoms with Crippen molar-refractivity contribution in [3.63, 3.8) is 0 Å². The van der Waals surface area contributed by atoms with Gasteiger partial charge < -0.3 is 14.1 Å². The van der Waals surface area contributed by atoms with Gasteiger partial charge in [-0.1, -0.05) is 0 Å². The van der Waals surface area contributed by atoms with Gasteiger partial charge in [0.2, 0.25) is 0 Å². The quantitative estimate of drug-likeness (QED) is 0.669. The molecule has 0 radical (unpaired) electrons. The van der Waals surface area contributed by atoms with E-state index in [0.717, 1.165) is 18.8 Å². The minimum Gasteiger partial charge on any atom is -0.468 e. The summed E-state index contributed by atoms with van der Waals surface area (Å²) in [6, 6.07) is 5.71. The molecule has 2 aromatic heterocycles. The Bertz CT molecular complexity index is 865. The van der Waals surface area contributed by atoms with Crippen molar-refractivity contribution in [2.24, 2.45) is 13.0 Å². The van der Waals surface area contributed by atoms with Crippen LogP contribution in [0, 0.1) is 5.92 Å². The second-order valence-corrected chi connectivity index (χ2v) is 7.96. The molecule has 0 aromatic carbocycles. The summed E-state index contributed by atoms with van der Waals surface area (Å²) in [5.41, 5.74) is 0.592. The number of nitrogens with zero attached hydrogens (tertiary/aromatic N) is 5. The molecule has 9 nitrogen and oxygen atoms in total. The van der Waals surface area contributed by atoms with Crippen LogP contribution in [0.5, 0.6) is 0 Å². The Morgan fingerprint density at radius 1 is 1.20 bits per heavy atom. The SMILES string of the molecule is CCOC(=O)C1CN(Cc2ccco2)CC2CN(C(=O)c3ccnn3C)CCN2C1. The van der Waals surface area contributed by atoms with Gasteiger partial charge in [0.25, 0.3) is 5.91 Å². The Hall–Kier alpha value is -2.65. The molecule has 0 saturated carbocycles. The standard InChI is InChI=1S/C21H29N5O4/c1-3-29-21(28)16-11-24(15-18-5-4-10-30-18)13-17-14-26(9-8-25(17)12-16)20(27)19-6-7-22-23(19)2/h4-7,10,16-17H,3,8-9,11-15H2,1-2H3. The summed E-state index contributed by atoms with van der Waals surface area (Å²) in [4.78, 5) is 32.0. The minimum atomic E-state index is -0.218. The largest absolute Gasteiger partial charge is 0.468 e. The smallest absolute Gasteiger partial charge is 0.311 e. The summed E-state index contributed by atoms with van der Waals surface area (Å²) in [6.45, 7) is 6.84. The third-order valence-electron chi connectivity index (χ3n) is 5.91. The molecule has 2 saturated heterocycles. The first-order valence-electron chi connectivity index (χ1n) is 10.5. The van der Waals surface area contributed by atoms with Crippen LogP contribution in [0.4, 0.5) is 0 Å². The van der Waals surface area contributed by atoms with Gasteiger partial charge in [-0.3, -0.25) is 24.1 Å². The third kappa shape index (κ3) is 4.41. The van der Waals surface area contributed by atoms with Crippen molar-refractivity contribution >= 4 is 11.9 Å². The second-order valence-electron chi connectivity index (χ2n) is 7.96. The molecule has 2 aliphatic heterocycles. The number of ether oxygens (including phenoxy) is 1. The van der Waals surface area contributed by atoms with E-state index in [1.165, 1.54) is 0 Å². The zero-order valence-electron chi connectivity index (χ0n) is 17.6. The molecule has 4 rings (SSSR count). The first kappa shape index (κ1) is 20.6. The van der Waals surface area contributed by atoms with E-state index >= 15 is 0 Å². The van der Waals surface area contributed by atoms with Gasteiger partial charge in [0.15, 0.2) is 0 Å². The number of esters is 1. The molecule has 0 bridgehead atoms. The lowest BCUT2D eigenvalue weighted by Crippen LogP contribution is -2.57. The normalized spacial score (nSPS) is 23.1. The maximum atomic E-state index is 13.0. The van der Waals surface area contributed by atoms with Crippen LogP contribution in [-0.4, -0.2) is 88.3 Å². The van der Waals surface area contributed by atoms with Crippen LogP contribution in [0.1, 0.15) is 23.2 Å². The molecule has 9 heteroatoms. The highest BCUT2D eigenvalue weighted by Crippen LogP contribution is 2.22. The predicted octanol–water partition coefficient (Wildman–Crippen LogP) is 0.835. The van der Waals surface area contributed by atoms with Gasteiger partial charge >= 0.3 is 5.97 Å². The van der Waals surface area contributed by atoms with Gasteiger partial charge in [-0.05, 0) is 25.1 Å². The summed E-state index contributed by atoms with van der Waals surface area (Å²) < 4.78 is 12.5. The number of fused-ring (bicyclic) bond motifs is 1. The molecule has 2 unspecified atom stereocenters. The van der Waals surface area contributed by atoms with Gasteiger partial charge in [-0.2, -0.15) is 5.10 Å². The van der Waals surface area contributed by atoms with E-state index in [1.807, 2.05) is 24.0 Å². The molecule has 0 spiro atoms. The average Bonchev–Trinajstić information content (AvgIpc) is 3.35. The maximum absolute atomic E-state index is 13.0. The topological polar surface area (TPSA) is 84.0 Å². The fraction of sp³-hybridized carbons (Fsp3) is 0.571. The van der Waals surface area contributed by atoms with E-state index in [2.05, 4.69) is 14.9 Å². The Morgan fingerprint density at radius 2 is 2.07 bits per heavy atom. The van der Waals surface area contributed by atoms with Crippen LogP contribution >= 0.6 is 0 Å². The van der Waals surface area contributed by atoms with Gasteiger partial charge in [0.05, 0.1) is 25.3 Å². The van der Waals surface area contributed by atoms with Crippen molar-refractivity contribution in [3.05, 3.63) is 42.1 Å². The number of furan rings is 1. The fourth-order valence-electron chi connectivity index (χ4n) is 4.42. The molecular weight excluding hydrogens is 386 g/mol. The van der Waals surface area contributed by atoms with E-state index < -0.39 is 0 Å². The van der Waals surface area contributed by atoms with Crippen molar-refractivity contribution in [3.8, 4) is 0 Å². The summed E-state index contributed by atoms with van der Waals surface area (Å²) in [7, 11) is 1.78. The number of rotatable bonds is 5. The highest BCUT2D eigenvalue weighted by molar-refractivity contribution is 5.92. The van der Waals surface area contributed by atoms with Gasteiger partial charge in [0.1, 0.15) is 11.5 Å². The maximum Gasteiger partial charge on any atom is 0.311 e. The molecule has 2 aliphatic rings. The predicted molar refractivity (Wildman–Crippen MR) is 109 cm³/mol. The lowest BCUT2D eigenvalue weighted by atomic mass is 10.1. The van der Waals surface area contributed by atoms with Crippen LogP contribution in [0.15, 0.2) is 35.1 Å². The first-order valence-corrected chi connectivity index (χ1v) is 10.5. The third-order valence-corrected chi connectivity index (χ3v) is 5.91. The Labute approximate surface area is 176 Å². The lowest BCUT2D eigenvalue weighted by Gasteiger charge is -2.41. The lowest BCUT2D eigenvalue weighted by molar-refractivity contribution is -0.149. The number of hydrogen-bond donors (Lipinski definition) is 0. The number of carbonyl (C=O) groups is 2. The molecule has 162 valence electrons. The molecule has 2 atom stereocenters. The van der Waals surface area contributed by atoms with Crippen LogP contribution in [-0.2, 0) is 23.1 Å². The number of amides is 1. The van der Waals surface area contributed by atoms with E-state index in [0.29, 0.717) is 45.0 Å². The molecular formula is C21H29N5O4. The van der Waals surface area contributed by atoms with E-state index in [9.17, 15) is 9.59 Å². The summed E-state index contributed by atoms with van der Waals surface area (Å²) in [5, 5.41) is 4.12. The zero-order chi connectivity index (χ0) is 21.1. The van der Waals surface area contributed by atoms with Crippen molar-refractivity contribution in [2.45, 2.75) is 19.5 Å². The van der Waals surface area contributed by atoms with E-state index in [-0.39, 0.29) is 23.8 Å². The zero-order valence-corrected chi connectivity index (χ0v) is 17.6. The van der Waals surface area contributed by atoms with Crippen molar-refractivity contribution in [1.82, 2.24) is 24.5 Å². The van der Waals surface area contributed by atoms with Crippen molar-refractivity contribution in [1.29, 1.82) is 0 Å². The Kier molecular flexibility index (Phi) is 6.19. The van der Waals surface area contributed by atoms with E-state index in [1.54, 1.807) is 30.3 Å². The second kappa shape index (κ2) is 9.01. The number of carbonyl (C=O) groups excluding carboxylic acids is 2. The number of piperazine rings is 1. The van der Waals surface area contributed by atoms with E-state index in [4.69, 9.17) is 9.15 Å². The number of hydrogen-bond acceptors (Lipinski definition) is 7. The highest BCUT2D eigenvalue weighted by Gasteiger charge is 2.38. The van der Waals surface area contributed by atoms with Crippen molar-refractivity contribution < 1.29 is 18.7 Å². The van der Waals surface area contributed by atoms with Crippen LogP contribution in [0.3, 0.4) is 0 Å². The highest BCUT2D eigenvalue weighted by atomic mass is 16.5. The van der Waals surface area contributed by atoms with Crippen LogP contribution < -0.4 is 0 Å². The van der Waals surface area contributed by atoms with Crippen molar-refractivity contribution in [2.75, 3.05) is 45.9 Å². The monoisotopic (exact) mass is 415 g/mol. The summed E-state index contributed by atoms with van der Waals surface area (Å²) in [5.74, 6) is 0.489. The van der Waals surface area contributed by atoms with Gasteiger partial charge in [0, 0.05) is 58.6 Å². The van der Waals surface area contributed by atoms with Gasteiger partial charge in [-0.25, -0.2) is 0 Å². The minimum absolute atomic E-state index is 0.00146. The average molecular weight is 415 g/mol. The molecule has 2 fully saturated rings. The molecule has 0 aliphatic carbocycles. The number of aryl methyl sites for hydroxylation is 1. The summed E-state index contributed by atoms with van der Waals surface area (Å²) >= 11 is 0. The fourth-order valence-corrected chi connectivity index (χ4v) is 4.42. The van der Waals surface area contributed by atoms with Gasteiger partial charge in [-0.15, -0.1) is 0 Å². The molecule has 30 heavy (non-hydrogen) atoms. The Morgan fingerprint density at radius 3 is 2.77 bits per heavy atom. The number of aromatic nitrogens is 2. The molecule has 2 aromatic rings. The Balaban J connectivity index is 1.50. The summed E-state index contributed by atoms with van der Waals surface area (Å²) in [6.07, 6.45) is 3.31. The molecule has 0 N–H and O–H groups in total. The first-order chi connectivity index (χ1) is 14.5. The molecule has 1 amide bonds.